The monoisotopic (exact) mass is 339 g/mol. The molecule has 0 aliphatic rings. The average molecular weight is 340 g/mol. The van der Waals surface area contributed by atoms with Crippen molar-refractivity contribution in [2.24, 2.45) is 0 Å². The highest BCUT2D eigenvalue weighted by molar-refractivity contribution is 7.89. The van der Waals surface area contributed by atoms with E-state index in [0.717, 1.165) is 11.1 Å². The molecular weight excluding hydrogens is 322 g/mol. The summed E-state index contributed by atoms with van der Waals surface area (Å²) >= 11 is 5.95. The molecule has 1 unspecified atom stereocenters. The van der Waals surface area contributed by atoms with Crippen molar-refractivity contribution in [3.63, 3.8) is 0 Å². The molecule has 6 heteroatoms. The Hall–Kier alpha value is -1.40. The third-order valence-electron chi connectivity index (χ3n) is 3.35. The number of aliphatic hydroxyl groups is 1. The zero-order valence-electron chi connectivity index (χ0n) is 12.2. The van der Waals surface area contributed by atoms with Crippen molar-refractivity contribution in [3.05, 3.63) is 64.7 Å². The molecule has 0 amide bonds. The first-order chi connectivity index (χ1) is 10.4. The van der Waals surface area contributed by atoms with Crippen molar-refractivity contribution in [3.8, 4) is 0 Å². The Bertz CT molecular complexity index is 732. The van der Waals surface area contributed by atoms with E-state index in [1.807, 2.05) is 25.1 Å². The van der Waals surface area contributed by atoms with E-state index in [2.05, 4.69) is 4.72 Å². The van der Waals surface area contributed by atoms with Crippen LogP contribution in [0.5, 0.6) is 0 Å². The number of aliphatic hydroxyl groups excluding tert-OH is 1. The Balaban J connectivity index is 1.97. The highest BCUT2D eigenvalue weighted by atomic mass is 35.5. The van der Waals surface area contributed by atoms with E-state index in [0.29, 0.717) is 11.4 Å². The smallest absolute Gasteiger partial charge is 0.240 e. The molecule has 0 aliphatic heterocycles. The van der Waals surface area contributed by atoms with Crippen LogP contribution in [0.1, 0.15) is 23.7 Å². The van der Waals surface area contributed by atoms with Crippen LogP contribution in [0.25, 0.3) is 0 Å². The van der Waals surface area contributed by atoms with Gasteiger partial charge < -0.3 is 5.11 Å². The molecule has 0 aliphatic carbocycles. The number of hydrogen-bond acceptors (Lipinski definition) is 3. The SMILES string of the molecule is Cc1ccc(S(=O)(=O)NCCC(O)c2ccccc2)cc1Cl. The summed E-state index contributed by atoms with van der Waals surface area (Å²) in [5, 5.41) is 10.4. The molecular formula is C16H18ClNO3S. The molecule has 2 N–H and O–H groups in total. The minimum Gasteiger partial charge on any atom is -0.388 e. The number of nitrogens with one attached hydrogen (secondary N) is 1. The average Bonchev–Trinajstić information content (AvgIpc) is 2.50. The first kappa shape index (κ1) is 17.0. The lowest BCUT2D eigenvalue weighted by atomic mass is 10.1. The fourth-order valence-electron chi connectivity index (χ4n) is 2.00. The molecule has 4 nitrogen and oxygen atoms in total. The third kappa shape index (κ3) is 4.30. The van der Waals surface area contributed by atoms with E-state index in [9.17, 15) is 13.5 Å². The Labute approximate surface area is 135 Å². The molecule has 22 heavy (non-hydrogen) atoms. The summed E-state index contributed by atoms with van der Waals surface area (Å²) in [7, 11) is -3.62. The highest BCUT2D eigenvalue weighted by Gasteiger charge is 2.15. The standard InChI is InChI=1S/C16H18ClNO3S/c1-12-7-8-14(11-15(12)17)22(20,21)18-10-9-16(19)13-5-3-2-4-6-13/h2-8,11,16,18-19H,9-10H2,1H3. The van der Waals surface area contributed by atoms with Gasteiger partial charge in [-0.2, -0.15) is 0 Å². The van der Waals surface area contributed by atoms with Crippen LogP contribution >= 0.6 is 11.6 Å². The molecule has 0 saturated heterocycles. The van der Waals surface area contributed by atoms with Crippen molar-refractivity contribution in [1.29, 1.82) is 0 Å². The first-order valence-electron chi connectivity index (χ1n) is 6.89. The fraction of sp³-hybridized carbons (Fsp3) is 0.250. The summed E-state index contributed by atoms with van der Waals surface area (Å²) in [5.41, 5.74) is 1.58. The van der Waals surface area contributed by atoms with Gasteiger partial charge >= 0.3 is 0 Å². The van der Waals surface area contributed by atoms with Gasteiger partial charge in [-0.05, 0) is 36.6 Å². The number of rotatable bonds is 6. The van der Waals surface area contributed by atoms with E-state index in [1.54, 1.807) is 18.2 Å². The normalized spacial score (nSPS) is 13.0. The first-order valence-corrected chi connectivity index (χ1v) is 8.75. The van der Waals surface area contributed by atoms with Gasteiger partial charge in [0.05, 0.1) is 11.0 Å². The summed E-state index contributed by atoms with van der Waals surface area (Å²) in [6.45, 7) is 1.95. The minimum absolute atomic E-state index is 0.123. The van der Waals surface area contributed by atoms with Gasteiger partial charge in [0.25, 0.3) is 0 Å². The summed E-state index contributed by atoms with van der Waals surface area (Å²) in [5.74, 6) is 0. The van der Waals surface area contributed by atoms with Gasteiger partial charge in [0.15, 0.2) is 0 Å². The molecule has 0 saturated carbocycles. The maximum Gasteiger partial charge on any atom is 0.240 e. The predicted octanol–water partition coefficient (Wildman–Crippen LogP) is 3.05. The predicted molar refractivity (Wildman–Crippen MR) is 87.4 cm³/mol. The zero-order valence-corrected chi connectivity index (χ0v) is 13.7. The van der Waals surface area contributed by atoms with Crippen LogP contribution < -0.4 is 4.72 Å². The van der Waals surface area contributed by atoms with Gasteiger partial charge in [-0.15, -0.1) is 0 Å². The van der Waals surface area contributed by atoms with Crippen LogP contribution in [0.2, 0.25) is 5.02 Å². The Morgan fingerprint density at radius 3 is 2.50 bits per heavy atom. The largest absolute Gasteiger partial charge is 0.388 e. The van der Waals surface area contributed by atoms with E-state index < -0.39 is 16.1 Å². The highest BCUT2D eigenvalue weighted by Crippen LogP contribution is 2.20. The number of aryl methyl sites for hydroxylation is 1. The fourth-order valence-corrected chi connectivity index (χ4v) is 3.31. The molecule has 1 atom stereocenters. The van der Waals surface area contributed by atoms with Gasteiger partial charge in [0, 0.05) is 11.6 Å². The van der Waals surface area contributed by atoms with E-state index >= 15 is 0 Å². The molecule has 0 radical (unpaired) electrons. The lowest BCUT2D eigenvalue weighted by Crippen LogP contribution is -2.26. The molecule has 0 fully saturated rings. The molecule has 2 rings (SSSR count). The van der Waals surface area contributed by atoms with E-state index in [1.165, 1.54) is 12.1 Å². The molecule has 0 aromatic heterocycles. The van der Waals surface area contributed by atoms with Crippen molar-refractivity contribution in [2.75, 3.05) is 6.54 Å². The lowest BCUT2D eigenvalue weighted by molar-refractivity contribution is 0.169. The number of sulfonamides is 1. The summed E-state index contributed by atoms with van der Waals surface area (Å²) in [6, 6.07) is 13.7. The topological polar surface area (TPSA) is 66.4 Å². The van der Waals surface area contributed by atoms with Crippen LogP contribution in [0.4, 0.5) is 0 Å². The van der Waals surface area contributed by atoms with E-state index in [-0.39, 0.29) is 11.4 Å². The summed E-state index contributed by atoms with van der Waals surface area (Å²) in [6.07, 6.45) is -0.409. The van der Waals surface area contributed by atoms with Crippen molar-refractivity contribution >= 4 is 21.6 Å². The van der Waals surface area contributed by atoms with Gasteiger partial charge in [0.1, 0.15) is 0 Å². The minimum atomic E-state index is -3.62. The van der Waals surface area contributed by atoms with Gasteiger partial charge in [-0.3, -0.25) is 0 Å². The van der Waals surface area contributed by atoms with Crippen LogP contribution in [-0.4, -0.2) is 20.1 Å². The summed E-state index contributed by atoms with van der Waals surface area (Å²) < 4.78 is 26.8. The second-order valence-corrected chi connectivity index (χ2v) is 7.20. The van der Waals surface area contributed by atoms with Crippen LogP contribution in [-0.2, 0) is 10.0 Å². The Morgan fingerprint density at radius 1 is 1.18 bits per heavy atom. The lowest BCUT2D eigenvalue weighted by Gasteiger charge is -2.12. The molecule has 2 aromatic carbocycles. The summed E-state index contributed by atoms with van der Waals surface area (Å²) in [4.78, 5) is 0.123. The third-order valence-corrected chi connectivity index (χ3v) is 5.21. The second kappa shape index (κ2) is 7.24. The van der Waals surface area contributed by atoms with Crippen LogP contribution in [0.15, 0.2) is 53.4 Å². The van der Waals surface area contributed by atoms with Gasteiger partial charge in [-0.1, -0.05) is 48.0 Å². The zero-order chi connectivity index (χ0) is 16.2. The maximum atomic E-state index is 12.2. The molecule has 0 spiro atoms. The van der Waals surface area contributed by atoms with Gasteiger partial charge in [0.2, 0.25) is 10.0 Å². The Kier molecular flexibility index (Phi) is 5.58. The Morgan fingerprint density at radius 2 is 1.86 bits per heavy atom. The molecule has 2 aromatic rings. The van der Waals surface area contributed by atoms with Gasteiger partial charge in [-0.25, -0.2) is 13.1 Å². The number of hydrogen-bond donors (Lipinski definition) is 2. The molecule has 0 heterocycles. The maximum absolute atomic E-state index is 12.2. The van der Waals surface area contributed by atoms with Crippen LogP contribution in [0, 0.1) is 6.92 Å². The van der Waals surface area contributed by atoms with Crippen molar-refractivity contribution < 1.29 is 13.5 Å². The van der Waals surface area contributed by atoms with Crippen molar-refractivity contribution in [2.45, 2.75) is 24.3 Å². The molecule has 0 bridgehead atoms. The van der Waals surface area contributed by atoms with Crippen molar-refractivity contribution in [1.82, 2.24) is 4.72 Å². The van der Waals surface area contributed by atoms with Crippen LogP contribution in [0.3, 0.4) is 0 Å². The second-order valence-electron chi connectivity index (χ2n) is 5.02. The van der Waals surface area contributed by atoms with E-state index in [4.69, 9.17) is 11.6 Å². The number of benzene rings is 2. The molecule has 118 valence electrons. The number of halogens is 1. The quantitative estimate of drug-likeness (QED) is 0.850.